The standard InChI is InChI=1S/C19H19N5O/c1-13(25)18-20-9-7-17(23-18)24-10-8-15-11-21-19(22-16(15)12-24)14-5-3-2-4-6-14/h2-7,9,11,13,25H,8,10,12H2,1H3. The van der Waals surface area contributed by atoms with Crippen molar-refractivity contribution in [3.63, 3.8) is 0 Å². The van der Waals surface area contributed by atoms with E-state index in [9.17, 15) is 5.11 Å². The smallest absolute Gasteiger partial charge is 0.159 e. The number of aromatic nitrogens is 4. The van der Waals surface area contributed by atoms with E-state index in [2.05, 4.69) is 19.9 Å². The third-order valence-corrected chi connectivity index (χ3v) is 4.34. The maximum Gasteiger partial charge on any atom is 0.159 e. The highest BCUT2D eigenvalue weighted by Gasteiger charge is 2.20. The molecule has 0 radical (unpaired) electrons. The molecule has 0 saturated heterocycles. The van der Waals surface area contributed by atoms with Gasteiger partial charge in [0.15, 0.2) is 11.6 Å². The fraction of sp³-hybridized carbons (Fsp3) is 0.263. The van der Waals surface area contributed by atoms with Gasteiger partial charge in [-0.3, -0.25) is 0 Å². The monoisotopic (exact) mass is 333 g/mol. The maximum absolute atomic E-state index is 9.70. The first-order valence-electron chi connectivity index (χ1n) is 8.37. The molecule has 1 aromatic carbocycles. The molecule has 1 atom stereocenters. The molecule has 6 nitrogen and oxygen atoms in total. The van der Waals surface area contributed by atoms with Crippen LogP contribution in [-0.2, 0) is 13.0 Å². The van der Waals surface area contributed by atoms with Crippen LogP contribution in [0.15, 0.2) is 48.8 Å². The van der Waals surface area contributed by atoms with Gasteiger partial charge < -0.3 is 10.0 Å². The van der Waals surface area contributed by atoms with Crippen molar-refractivity contribution in [3.8, 4) is 11.4 Å². The summed E-state index contributed by atoms with van der Waals surface area (Å²) in [4.78, 5) is 20.0. The topological polar surface area (TPSA) is 75.0 Å². The van der Waals surface area contributed by atoms with E-state index >= 15 is 0 Å². The van der Waals surface area contributed by atoms with Crippen LogP contribution in [0.5, 0.6) is 0 Å². The highest BCUT2D eigenvalue weighted by atomic mass is 16.3. The molecule has 6 heteroatoms. The van der Waals surface area contributed by atoms with Crippen molar-refractivity contribution in [3.05, 3.63) is 65.9 Å². The molecular formula is C19H19N5O. The van der Waals surface area contributed by atoms with Gasteiger partial charge in [0.25, 0.3) is 0 Å². The van der Waals surface area contributed by atoms with E-state index in [4.69, 9.17) is 4.98 Å². The zero-order valence-electron chi connectivity index (χ0n) is 14.0. The van der Waals surface area contributed by atoms with Gasteiger partial charge in [0.1, 0.15) is 11.9 Å². The van der Waals surface area contributed by atoms with E-state index in [0.717, 1.165) is 35.9 Å². The van der Waals surface area contributed by atoms with Crippen molar-refractivity contribution in [2.75, 3.05) is 11.4 Å². The number of anilines is 1. The number of aliphatic hydroxyl groups excluding tert-OH is 1. The van der Waals surface area contributed by atoms with E-state index in [1.54, 1.807) is 13.1 Å². The van der Waals surface area contributed by atoms with Gasteiger partial charge in [-0.1, -0.05) is 30.3 Å². The van der Waals surface area contributed by atoms with E-state index in [-0.39, 0.29) is 0 Å². The lowest BCUT2D eigenvalue weighted by molar-refractivity contribution is 0.189. The van der Waals surface area contributed by atoms with Crippen LogP contribution < -0.4 is 4.90 Å². The molecule has 0 amide bonds. The van der Waals surface area contributed by atoms with Crippen LogP contribution >= 0.6 is 0 Å². The number of aliphatic hydroxyl groups is 1. The minimum absolute atomic E-state index is 0.441. The first-order valence-corrected chi connectivity index (χ1v) is 8.37. The number of nitrogens with zero attached hydrogens (tertiary/aromatic N) is 5. The van der Waals surface area contributed by atoms with Gasteiger partial charge in [-0.2, -0.15) is 0 Å². The highest BCUT2D eigenvalue weighted by Crippen LogP contribution is 2.24. The van der Waals surface area contributed by atoms with E-state index in [1.807, 2.05) is 42.6 Å². The number of fused-ring (bicyclic) bond motifs is 1. The molecule has 0 bridgehead atoms. The Kier molecular flexibility index (Phi) is 4.11. The summed E-state index contributed by atoms with van der Waals surface area (Å²) in [6.45, 7) is 3.19. The molecule has 2 aromatic heterocycles. The summed E-state index contributed by atoms with van der Waals surface area (Å²) in [7, 11) is 0. The van der Waals surface area contributed by atoms with E-state index in [0.29, 0.717) is 12.4 Å². The molecule has 0 spiro atoms. The summed E-state index contributed by atoms with van der Waals surface area (Å²) in [6, 6.07) is 11.9. The van der Waals surface area contributed by atoms with Gasteiger partial charge in [-0.05, 0) is 25.0 Å². The fourth-order valence-corrected chi connectivity index (χ4v) is 2.97. The first-order chi connectivity index (χ1) is 12.2. The Hall–Kier alpha value is -2.86. The maximum atomic E-state index is 9.70. The summed E-state index contributed by atoms with van der Waals surface area (Å²) in [5, 5.41) is 9.70. The van der Waals surface area contributed by atoms with E-state index < -0.39 is 6.10 Å². The molecule has 126 valence electrons. The van der Waals surface area contributed by atoms with Gasteiger partial charge in [0.2, 0.25) is 0 Å². The van der Waals surface area contributed by atoms with Crippen LogP contribution in [0, 0.1) is 0 Å². The number of hydrogen-bond acceptors (Lipinski definition) is 6. The zero-order valence-corrected chi connectivity index (χ0v) is 14.0. The van der Waals surface area contributed by atoms with Gasteiger partial charge >= 0.3 is 0 Å². The van der Waals surface area contributed by atoms with Gasteiger partial charge in [0.05, 0.1) is 12.2 Å². The molecule has 1 unspecified atom stereocenters. The van der Waals surface area contributed by atoms with Crippen LogP contribution in [0.2, 0.25) is 0 Å². The summed E-state index contributed by atoms with van der Waals surface area (Å²) in [5.41, 5.74) is 3.22. The van der Waals surface area contributed by atoms with Crippen LogP contribution in [0.1, 0.15) is 30.1 Å². The van der Waals surface area contributed by atoms with Crippen molar-refractivity contribution < 1.29 is 5.11 Å². The largest absolute Gasteiger partial charge is 0.385 e. The van der Waals surface area contributed by atoms with Crippen molar-refractivity contribution in [2.45, 2.75) is 26.0 Å². The summed E-state index contributed by atoms with van der Waals surface area (Å²) >= 11 is 0. The minimum Gasteiger partial charge on any atom is -0.385 e. The molecule has 4 rings (SSSR count). The lowest BCUT2D eigenvalue weighted by atomic mass is 10.1. The summed E-state index contributed by atoms with van der Waals surface area (Å²) < 4.78 is 0. The Labute approximate surface area is 146 Å². The Bertz CT molecular complexity index is 882. The average Bonchev–Trinajstić information content (AvgIpc) is 2.68. The second-order valence-corrected chi connectivity index (χ2v) is 6.15. The molecule has 1 aliphatic heterocycles. The van der Waals surface area contributed by atoms with Gasteiger partial charge in [-0.25, -0.2) is 19.9 Å². The normalized spacial score (nSPS) is 14.9. The summed E-state index contributed by atoms with van der Waals surface area (Å²) in [5.74, 6) is 2.00. The lowest BCUT2D eigenvalue weighted by Gasteiger charge is -2.29. The molecule has 0 saturated carbocycles. The molecular weight excluding hydrogens is 314 g/mol. The van der Waals surface area contributed by atoms with Gasteiger partial charge in [-0.15, -0.1) is 0 Å². The van der Waals surface area contributed by atoms with Crippen LogP contribution in [0.3, 0.4) is 0 Å². The van der Waals surface area contributed by atoms with Crippen LogP contribution in [0.4, 0.5) is 5.82 Å². The SMILES string of the molecule is CC(O)c1nccc(N2CCc3cnc(-c4ccccc4)nc3C2)n1. The average molecular weight is 333 g/mol. The van der Waals surface area contributed by atoms with Gasteiger partial charge in [0, 0.05) is 24.5 Å². The first kappa shape index (κ1) is 15.7. The molecule has 1 aliphatic rings. The van der Waals surface area contributed by atoms with Crippen molar-refractivity contribution in [2.24, 2.45) is 0 Å². The third-order valence-electron chi connectivity index (χ3n) is 4.34. The van der Waals surface area contributed by atoms with Crippen molar-refractivity contribution in [1.29, 1.82) is 0 Å². The quantitative estimate of drug-likeness (QED) is 0.794. The lowest BCUT2D eigenvalue weighted by Crippen LogP contribution is -2.32. The fourth-order valence-electron chi connectivity index (χ4n) is 2.97. The zero-order chi connectivity index (χ0) is 17.2. The predicted octanol–water partition coefficient (Wildman–Crippen LogP) is 2.55. The molecule has 0 aliphatic carbocycles. The molecule has 3 heterocycles. The Morgan fingerprint density at radius 2 is 1.92 bits per heavy atom. The Morgan fingerprint density at radius 3 is 2.72 bits per heavy atom. The highest BCUT2D eigenvalue weighted by molar-refractivity contribution is 5.55. The Morgan fingerprint density at radius 1 is 1.08 bits per heavy atom. The molecule has 1 N–H and O–H groups in total. The molecule has 25 heavy (non-hydrogen) atoms. The molecule has 0 fully saturated rings. The Balaban J connectivity index is 1.63. The third kappa shape index (κ3) is 3.21. The summed E-state index contributed by atoms with van der Waals surface area (Å²) in [6.07, 6.45) is 3.82. The van der Waals surface area contributed by atoms with Crippen molar-refractivity contribution in [1.82, 2.24) is 19.9 Å². The number of benzene rings is 1. The second-order valence-electron chi connectivity index (χ2n) is 6.15. The van der Waals surface area contributed by atoms with E-state index in [1.165, 1.54) is 5.56 Å². The van der Waals surface area contributed by atoms with Crippen LogP contribution in [-0.4, -0.2) is 31.6 Å². The number of hydrogen-bond donors (Lipinski definition) is 1. The van der Waals surface area contributed by atoms with Crippen molar-refractivity contribution >= 4 is 5.82 Å². The van der Waals surface area contributed by atoms with Crippen LogP contribution in [0.25, 0.3) is 11.4 Å². The number of rotatable bonds is 3. The molecule has 3 aromatic rings. The minimum atomic E-state index is -0.677. The second kappa shape index (κ2) is 6.57. The predicted molar refractivity (Wildman–Crippen MR) is 94.9 cm³/mol.